The molecule has 1 aliphatic heterocycles. The number of pyridine rings is 1. The maximum Gasteiger partial charge on any atom is 0.163 e. The van der Waals surface area contributed by atoms with Crippen molar-refractivity contribution < 1.29 is 9.47 Å². The molecule has 0 spiro atoms. The standard InChI is InChI=1S/C16H20N2O2/c1-19-15-9-13-3-2-6-18-14(13)10-16(15)20-11-12-4-7-17-8-5-12/h2-3,6,9-10,12,17H,4-5,7-8,11H2,1H3. The van der Waals surface area contributed by atoms with Gasteiger partial charge in [0, 0.05) is 17.6 Å². The summed E-state index contributed by atoms with van der Waals surface area (Å²) >= 11 is 0. The summed E-state index contributed by atoms with van der Waals surface area (Å²) in [6, 6.07) is 7.91. The smallest absolute Gasteiger partial charge is 0.163 e. The average Bonchev–Trinajstić information content (AvgIpc) is 2.53. The van der Waals surface area contributed by atoms with E-state index >= 15 is 0 Å². The minimum absolute atomic E-state index is 0.625. The SMILES string of the molecule is COc1cc2cccnc2cc1OCC1CCNCC1. The van der Waals surface area contributed by atoms with Gasteiger partial charge in [-0.3, -0.25) is 4.98 Å². The van der Waals surface area contributed by atoms with Crippen molar-refractivity contribution in [1.82, 2.24) is 10.3 Å². The second-order valence-corrected chi connectivity index (χ2v) is 5.20. The summed E-state index contributed by atoms with van der Waals surface area (Å²) < 4.78 is 11.4. The van der Waals surface area contributed by atoms with Gasteiger partial charge in [-0.15, -0.1) is 0 Å². The molecule has 1 aromatic carbocycles. The van der Waals surface area contributed by atoms with E-state index in [1.54, 1.807) is 13.3 Å². The van der Waals surface area contributed by atoms with E-state index < -0.39 is 0 Å². The lowest BCUT2D eigenvalue weighted by Gasteiger charge is -2.23. The zero-order valence-corrected chi connectivity index (χ0v) is 11.8. The first-order valence-corrected chi connectivity index (χ1v) is 7.13. The van der Waals surface area contributed by atoms with Crippen LogP contribution in [0.25, 0.3) is 10.9 Å². The Morgan fingerprint density at radius 2 is 2.10 bits per heavy atom. The summed E-state index contributed by atoms with van der Waals surface area (Å²) in [5, 5.41) is 4.44. The number of methoxy groups -OCH3 is 1. The van der Waals surface area contributed by atoms with Crippen molar-refractivity contribution >= 4 is 10.9 Å². The molecule has 1 aliphatic rings. The number of fused-ring (bicyclic) bond motifs is 1. The Bertz CT molecular complexity index is 580. The molecule has 0 radical (unpaired) electrons. The number of aromatic nitrogens is 1. The molecule has 0 atom stereocenters. The van der Waals surface area contributed by atoms with Crippen LogP contribution in [0.1, 0.15) is 12.8 Å². The Balaban J connectivity index is 1.78. The average molecular weight is 272 g/mol. The number of benzene rings is 1. The number of rotatable bonds is 4. The third-order valence-electron chi connectivity index (χ3n) is 3.82. The van der Waals surface area contributed by atoms with Crippen molar-refractivity contribution in [2.45, 2.75) is 12.8 Å². The number of piperidine rings is 1. The van der Waals surface area contributed by atoms with Crippen LogP contribution in [0.2, 0.25) is 0 Å². The lowest BCUT2D eigenvalue weighted by atomic mass is 9.99. The highest BCUT2D eigenvalue weighted by Gasteiger charge is 2.15. The van der Waals surface area contributed by atoms with Gasteiger partial charge in [-0.2, -0.15) is 0 Å². The second kappa shape index (κ2) is 6.09. The Labute approximate surface area is 119 Å². The summed E-state index contributed by atoms with van der Waals surface area (Å²) in [6.07, 6.45) is 4.15. The molecule has 1 saturated heterocycles. The van der Waals surface area contributed by atoms with Crippen LogP contribution in [-0.4, -0.2) is 31.8 Å². The van der Waals surface area contributed by atoms with Gasteiger partial charge in [-0.1, -0.05) is 6.07 Å². The molecule has 0 bridgehead atoms. The van der Waals surface area contributed by atoms with Gasteiger partial charge in [-0.25, -0.2) is 0 Å². The summed E-state index contributed by atoms with van der Waals surface area (Å²) in [5.41, 5.74) is 0.939. The van der Waals surface area contributed by atoms with Crippen LogP contribution in [0.15, 0.2) is 30.5 Å². The maximum absolute atomic E-state index is 5.98. The molecule has 1 aromatic heterocycles. The van der Waals surface area contributed by atoms with Crippen molar-refractivity contribution in [2.24, 2.45) is 5.92 Å². The van der Waals surface area contributed by atoms with Crippen LogP contribution in [-0.2, 0) is 0 Å². The minimum Gasteiger partial charge on any atom is -0.493 e. The molecular formula is C16H20N2O2. The first-order chi connectivity index (χ1) is 9.86. The first kappa shape index (κ1) is 13.2. The second-order valence-electron chi connectivity index (χ2n) is 5.20. The summed E-state index contributed by atoms with van der Waals surface area (Å²) in [7, 11) is 1.68. The van der Waals surface area contributed by atoms with E-state index in [9.17, 15) is 0 Å². The molecule has 3 rings (SSSR count). The van der Waals surface area contributed by atoms with Crippen LogP contribution in [0, 0.1) is 5.92 Å². The molecule has 2 aromatic rings. The van der Waals surface area contributed by atoms with Gasteiger partial charge in [0.2, 0.25) is 0 Å². The quantitative estimate of drug-likeness (QED) is 0.929. The van der Waals surface area contributed by atoms with E-state index in [4.69, 9.17) is 9.47 Å². The Morgan fingerprint density at radius 3 is 2.90 bits per heavy atom. The van der Waals surface area contributed by atoms with E-state index in [2.05, 4.69) is 10.3 Å². The summed E-state index contributed by atoms with van der Waals surface area (Å²) in [6.45, 7) is 2.92. The monoisotopic (exact) mass is 272 g/mol. The Kier molecular flexibility index (Phi) is 4.02. The fourth-order valence-electron chi connectivity index (χ4n) is 2.61. The lowest BCUT2D eigenvalue weighted by molar-refractivity contribution is 0.208. The van der Waals surface area contributed by atoms with Gasteiger partial charge >= 0.3 is 0 Å². The zero-order valence-electron chi connectivity index (χ0n) is 11.8. The van der Waals surface area contributed by atoms with Gasteiger partial charge in [0.25, 0.3) is 0 Å². The Hall–Kier alpha value is -1.81. The van der Waals surface area contributed by atoms with Gasteiger partial charge in [0.1, 0.15) is 0 Å². The van der Waals surface area contributed by atoms with Gasteiger partial charge < -0.3 is 14.8 Å². The van der Waals surface area contributed by atoms with Crippen molar-refractivity contribution in [3.63, 3.8) is 0 Å². The maximum atomic E-state index is 5.98. The van der Waals surface area contributed by atoms with Crippen LogP contribution < -0.4 is 14.8 Å². The van der Waals surface area contributed by atoms with Crippen LogP contribution in [0.4, 0.5) is 0 Å². The van der Waals surface area contributed by atoms with Crippen LogP contribution >= 0.6 is 0 Å². The molecule has 0 unspecified atom stereocenters. The molecule has 0 saturated carbocycles. The molecular weight excluding hydrogens is 252 g/mol. The molecule has 4 heteroatoms. The van der Waals surface area contributed by atoms with E-state index in [-0.39, 0.29) is 0 Å². The summed E-state index contributed by atoms with van der Waals surface area (Å²) in [5.74, 6) is 2.19. The highest BCUT2D eigenvalue weighted by molar-refractivity contribution is 5.82. The van der Waals surface area contributed by atoms with E-state index in [0.29, 0.717) is 5.92 Å². The molecule has 1 N–H and O–H groups in total. The predicted octanol–water partition coefficient (Wildman–Crippen LogP) is 2.62. The fraction of sp³-hybridized carbons (Fsp3) is 0.438. The topological polar surface area (TPSA) is 43.4 Å². The highest BCUT2D eigenvalue weighted by atomic mass is 16.5. The summed E-state index contributed by atoms with van der Waals surface area (Å²) in [4.78, 5) is 4.37. The van der Waals surface area contributed by atoms with E-state index in [1.165, 1.54) is 12.8 Å². The fourth-order valence-corrected chi connectivity index (χ4v) is 2.61. The number of nitrogens with one attached hydrogen (secondary N) is 1. The van der Waals surface area contributed by atoms with Crippen molar-refractivity contribution in [2.75, 3.05) is 26.8 Å². The van der Waals surface area contributed by atoms with Crippen LogP contribution in [0.5, 0.6) is 11.5 Å². The largest absolute Gasteiger partial charge is 0.493 e. The molecule has 0 aliphatic carbocycles. The molecule has 4 nitrogen and oxygen atoms in total. The van der Waals surface area contributed by atoms with Gasteiger partial charge in [0.05, 0.1) is 19.2 Å². The molecule has 106 valence electrons. The lowest BCUT2D eigenvalue weighted by Crippen LogP contribution is -2.30. The number of hydrogen-bond acceptors (Lipinski definition) is 4. The predicted molar refractivity (Wildman–Crippen MR) is 79.4 cm³/mol. The number of ether oxygens (including phenoxy) is 2. The third kappa shape index (κ3) is 2.85. The van der Waals surface area contributed by atoms with Crippen LogP contribution in [0.3, 0.4) is 0 Å². The third-order valence-corrected chi connectivity index (χ3v) is 3.82. The molecule has 1 fully saturated rings. The van der Waals surface area contributed by atoms with Gasteiger partial charge in [-0.05, 0) is 44.0 Å². The molecule has 0 amide bonds. The van der Waals surface area contributed by atoms with E-state index in [1.807, 2.05) is 24.3 Å². The van der Waals surface area contributed by atoms with E-state index in [0.717, 1.165) is 42.1 Å². The number of hydrogen-bond donors (Lipinski definition) is 1. The number of nitrogens with zero attached hydrogens (tertiary/aromatic N) is 1. The van der Waals surface area contributed by atoms with Crippen molar-refractivity contribution in [3.8, 4) is 11.5 Å². The molecule has 2 heterocycles. The normalized spacial score (nSPS) is 16.2. The Morgan fingerprint density at radius 1 is 1.25 bits per heavy atom. The highest BCUT2D eigenvalue weighted by Crippen LogP contribution is 2.32. The van der Waals surface area contributed by atoms with Gasteiger partial charge in [0.15, 0.2) is 11.5 Å². The molecule has 20 heavy (non-hydrogen) atoms. The first-order valence-electron chi connectivity index (χ1n) is 7.13. The van der Waals surface area contributed by atoms with Crippen molar-refractivity contribution in [1.29, 1.82) is 0 Å². The van der Waals surface area contributed by atoms with Crippen molar-refractivity contribution in [3.05, 3.63) is 30.5 Å². The zero-order chi connectivity index (χ0) is 13.8. The minimum atomic E-state index is 0.625.